The molecule has 2 atom stereocenters. The molecule has 3 rings (SSSR count). The molecule has 24 heavy (non-hydrogen) atoms. The Labute approximate surface area is 148 Å². The molecule has 0 radical (unpaired) electrons. The number of amides is 1. The molecule has 0 unspecified atom stereocenters. The number of fused-ring (bicyclic) bond motifs is 1. The smallest absolute Gasteiger partial charge is 0.261 e. The number of hydrogen-bond acceptors (Lipinski definition) is 3. The Hall–Kier alpha value is -1.65. The molecule has 0 spiro atoms. The van der Waals surface area contributed by atoms with Crippen LogP contribution in [0.25, 0.3) is 0 Å². The van der Waals surface area contributed by atoms with Gasteiger partial charge in [0.05, 0.1) is 10.9 Å². The van der Waals surface area contributed by atoms with Crippen LogP contribution in [-0.4, -0.2) is 31.4 Å². The van der Waals surface area contributed by atoms with Crippen molar-refractivity contribution in [3.63, 3.8) is 0 Å². The topological polar surface area (TPSA) is 32.3 Å². The van der Waals surface area contributed by atoms with Crippen molar-refractivity contribution in [1.29, 1.82) is 0 Å². The summed E-state index contributed by atoms with van der Waals surface area (Å²) < 4.78 is 0. The number of aryl methyl sites for hydroxylation is 1. The van der Waals surface area contributed by atoms with Crippen LogP contribution in [0.4, 0.5) is 0 Å². The fraction of sp³-hybridized carbons (Fsp3) is 0.450. The lowest BCUT2D eigenvalue weighted by atomic mass is 9.90. The first-order valence-electron chi connectivity index (χ1n) is 8.65. The van der Waals surface area contributed by atoms with E-state index in [9.17, 15) is 4.79 Å². The van der Waals surface area contributed by atoms with Gasteiger partial charge >= 0.3 is 0 Å². The molecule has 1 aliphatic rings. The first-order valence-corrected chi connectivity index (χ1v) is 9.46. The average Bonchev–Trinajstić information content (AvgIpc) is 2.98. The van der Waals surface area contributed by atoms with Gasteiger partial charge in [-0.05, 0) is 56.5 Å². The molecule has 1 aromatic carbocycles. The van der Waals surface area contributed by atoms with Crippen LogP contribution < -0.4 is 5.32 Å². The van der Waals surface area contributed by atoms with Crippen LogP contribution in [-0.2, 0) is 12.8 Å². The summed E-state index contributed by atoms with van der Waals surface area (Å²) in [5, 5.41) is 3.23. The Morgan fingerprint density at radius 1 is 1.33 bits per heavy atom. The Bertz CT molecular complexity index is 693. The van der Waals surface area contributed by atoms with Crippen molar-refractivity contribution in [3.05, 3.63) is 57.3 Å². The quantitative estimate of drug-likeness (QED) is 0.893. The molecule has 0 aliphatic heterocycles. The third-order valence-corrected chi connectivity index (χ3v) is 5.84. The highest BCUT2D eigenvalue weighted by atomic mass is 32.1. The van der Waals surface area contributed by atoms with Gasteiger partial charge in [-0.3, -0.25) is 4.79 Å². The number of carbonyl (C=O) groups is 1. The molecule has 0 fully saturated rings. The van der Waals surface area contributed by atoms with Crippen LogP contribution in [0.2, 0.25) is 0 Å². The fourth-order valence-corrected chi connectivity index (χ4v) is 4.44. The SMILES string of the molecule is C[C@H]1CCc2sc(C(=O)N[C@@H](CN(C)C)c3ccccc3)cc2C1. The summed E-state index contributed by atoms with van der Waals surface area (Å²) in [5.41, 5.74) is 2.53. The largest absolute Gasteiger partial charge is 0.343 e. The summed E-state index contributed by atoms with van der Waals surface area (Å²) in [6, 6.07) is 12.3. The summed E-state index contributed by atoms with van der Waals surface area (Å²) in [5.74, 6) is 0.784. The Balaban J connectivity index is 1.76. The summed E-state index contributed by atoms with van der Waals surface area (Å²) in [7, 11) is 4.07. The molecule has 2 aromatic rings. The van der Waals surface area contributed by atoms with Gasteiger partial charge in [0.15, 0.2) is 0 Å². The van der Waals surface area contributed by atoms with E-state index in [-0.39, 0.29) is 11.9 Å². The van der Waals surface area contributed by atoms with Crippen LogP contribution in [0.15, 0.2) is 36.4 Å². The second kappa shape index (κ2) is 7.49. The highest BCUT2D eigenvalue weighted by Gasteiger charge is 2.22. The van der Waals surface area contributed by atoms with Crippen molar-refractivity contribution < 1.29 is 4.79 Å². The summed E-state index contributed by atoms with van der Waals surface area (Å²) in [4.78, 5) is 17.2. The predicted octanol–water partition coefficient (Wildman–Crippen LogP) is 3.91. The molecule has 0 saturated heterocycles. The zero-order valence-electron chi connectivity index (χ0n) is 14.7. The maximum atomic E-state index is 12.8. The molecule has 1 heterocycles. The van der Waals surface area contributed by atoms with Crippen LogP contribution in [0.1, 0.15) is 45.1 Å². The minimum absolute atomic E-state index is 0.00625. The fourth-order valence-electron chi connectivity index (χ4n) is 3.33. The van der Waals surface area contributed by atoms with Gasteiger partial charge in [-0.1, -0.05) is 37.3 Å². The van der Waals surface area contributed by atoms with Crippen molar-refractivity contribution in [2.45, 2.75) is 32.2 Å². The van der Waals surface area contributed by atoms with Crippen LogP contribution >= 0.6 is 11.3 Å². The lowest BCUT2D eigenvalue weighted by Crippen LogP contribution is -2.35. The lowest BCUT2D eigenvalue weighted by Gasteiger charge is -2.22. The summed E-state index contributed by atoms with van der Waals surface area (Å²) in [6.07, 6.45) is 3.47. The van der Waals surface area contributed by atoms with E-state index in [0.29, 0.717) is 0 Å². The van der Waals surface area contributed by atoms with Gasteiger partial charge in [0.1, 0.15) is 0 Å². The maximum Gasteiger partial charge on any atom is 0.261 e. The number of benzene rings is 1. The lowest BCUT2D eigenvalue weighted by molar-refractivity contribution is 0.0934. The number of nitrogens with one attached hydrogen (secondary N) is 1. The molecular formula is C20H26N2OS. The standard InChI is InChI=1S/C20H26N2OS/c1-14-9-10-18-16(11-14)12-19(24-18)20(23)21-17(13-22(2)3)15-7-5-4-6-8-15/h4-8,12,14,17H,9-11,13H2,1-3H3,(H,21,23)/t14-,17-/m0/s1. The van der Waals surface area contributed by atoms with E-state index in [1.807, 2.05) is 32.3 Å². The van der Waals surface area contributed by atoms with E-state index in [0.717, 1.165) is 35.7 Å². The Kier molecular flexibility index (Phi) is 5.36. The van der Waals surface area contributed by atoms with Crippen molar-refractivity contribution in [2.75, 3.05) is 20.6 Å². The minimum Gasteiger partial charge on any atom is -0.343 e. The second-order valence-electron chi connectivity index (χ2n) is 7.11. The number of rotatable bonds is 5. The molecule has 1 aliphatic carbocycles. The van der Waals surface area contributed by atoms with E-state index in [1.54, 1.807) is 11.3 Å². The first-order chi connectivity index (χ1) is 11.5. The highest BCUT2D eigenvalue weighted by molar-refractivity contribution is 7.14. The molecular weight excluding hydrogens is 316 g/mol. The zero-order chi connectivity index (χ0) is 17.1. The number of hydrogen-bond donors (Lipinski definition) is 1. The van der Waals surface area contributed by atoms with Gasteiger partial charge in [-0.25, -0.2) is 0 Å². The summed E-state index contributed by atoms with van der Waals surface area (Å²) in [6.45, 7) is 3.08. The van der Waals surface area contributed by atoms with Gasteiger partial charge in [0.2, 0.25) is 0 Å². The normalized spacial score (nSPS) is 18.2. The maximum absolute atomic E-state index is 12.8. The third kappa shape index (κ3) is 4.05. The molecule has 1 amide bonds. The van der Waals surface area contributed by atoms with E-state index >= 15 is 0 Å². The van der Waals surface area contributed by atoms with Crippen LogP contribution in [0.5, 0.6) is 0 Å². The monoisotopic (exact) mass is 342 g/mol. The van der Waals surface area contributed by atoms with E-state index < -0.39 is 0 Å². The molecule has 1 N–H and O–H groups in total. The summed E-state index contributed by atoms with van der Waals surface area (Å²) >= 11 is 1.68. The van der Waals surface area contributed by atoms with Gasteiger partial charge in [0, 0.05) is 11.4 Å². The van der Waals surface area contributed by atoms with Crippen LogP contribution in [0.3, 0.4) is 0 Å². The van der Waals surface area contributed by atoms with Gasteiger partial charge < -0.3 is 10.2 Å². The molecule has 128 valence electrons. The van der Waals surface area contributed by atoms with Crippen molar-refractivity contribution in [1.82, 2.24) is 10.2 Å². The van der Waals surface area contributed by atoms with E-state index in [4.69, 9.17) is 0 Å². The third-order valence-electron chi connectivity index (χ3n) is 4.61. The molecule has 3 nitrogen and oxygen atoms in total. The number of nitrogens with zero attached hydrogens (tertiary/aromatic N) is 1. The minimum atomic E-state index is 0.00625. The Morgan fingerprint density at radius 2 is 2.08 bits per heavy atom. The van der Waals surface area contributed by atoms with Crippen LogP contribution in [0, 0.1) is 5.92 Å². The van der Waals surface area contributed by atoms with Gasteiger partial charge in [-0.2, -0.15) is 0 Å². The van der Waals surface area contributed by atoms with E-state index in [2.05, 4.69) is 35.3 Å². The Morgan fingerprint density at radius 3 is 2.79 bits per heavy atom. The highest BCUT2D eigenvalue weighted by Crippen LogP contribution is 2.32. The number of likely N-dealkylation sites (N-methyl/N-ethyl adjacent to an activating group) is 1. The van der Waals surface area contributed by atoms with Crippen molar-refractivity contribution >= 4 is 17.2 Å². The number of thiophene rings is 1. The molecule has 4 heteroatoms. The predicted molar refractivity (Wildman–Crippen MR) is 101 cm³/mol. The number of carbonyl (C=O) groups excluding carboxylic acids is 1. The zero-order valence-corrected chi connectivity index (χ0v) is 15.5. The van der Waals surface area contributed by atoms with Gasteiger partial charge in [0.25, 0.3) is 5.91 Å². The second-order valence-corrected chi connectivity index (χ2v) is 8.24. The van der Waals surface area contributed by atoms with Gasteiger partial charge in [-0.15, -0.1) is 11.3 Å². The molecule has 0 saturated carbocycles. The first kappa shape index (κ1) is 17.2. The molecule has 1 aromatic heterocycles. The average molecular weight is 343 g/mol. The van der Waals surface area contributed by atoms with E-state index in [1.165, 1.54) is 16.9 Å². The van der Waals surface area contributed by atoms with Crippen molar-refractivity contribution in [3.8, 4) is 0 Å². The van der Waals surface area contributed by atoms with Crippen molar-refractivity contribution in [2.24, 2.45) is 5.92 Å². The molecule has 0 bridgehead atoms.